The zero-order chi connectivity index (χ0) is 24.7. The molecule has 0 aliphatic heterocycles. The Kier molecular flexibility index (Phi) is 8.04. The summed E-state index contributed by atoms with van der Waals surface area (Å²) >= 11 is 0. The molecular formula is C25H25NO7S. The Morgan fingerprint density at radius 2 is 1.59 bits per heavy atom. The average Bonchev–Trinajstić information content (AvgIpc) is 2.83. The van der Waals surface area contributed by atoms with Crippen LogP contribution in [-0.2, 0) is 37.3 Å². The second kappa shape index (κ2) is 11.0. The van der Waals surface area contributed by atoms with Gasteiger partial charge in [-0.1, -0.05) is 35.9 Å². The summed E-state index contributed by atoms with van der Waals surface area (Å²) in [5.41, 5.74) is 1.68. The van der Waals surface area contributed by atoms with Crippen LogP contribution < -0.4 is 9.46 Å². The molecule has 3 aromatic rings. The minimum absolute atomic E-state index is 0.0418. The summed E-state index contributed by atoms with van der Waals surface area (Å²) in [7, 11) is -1.55. The number of sulfonamides is 1. The van der Waals surface area contributed by atoms with Gasteiger partial charge in [-0.3, -0.25) is 4.79 Å². The number of carbonyl (C=O) groups is 2. The topological polar surface area (TPSA) is 108 Å². The van der Waals surface area contributed by atoms with E-state index in [0.717, 1.165) is 5.56 Å². The van der Waals surface area contributed by atoms with Crippen molar-refractivity contribution in [2.24, 2.45) is 0 Å². The van der Waals surface area contributed by atoms with Gasteiger partial charge in [-0.25, -0.2) is 17.9 Å². The molecule has 0 fully saturated rings. The third-order valence-corrected chi connectivity index (χ3v) is 6.48. The van der Waals surface area contributed by atoms with Crippen LogP contribution in [0.4, 0.5) is 0 Å². The van der Waals surface area contributed by atoms with E-state index in [2.05, 4.69) is 9.46 Å². The van der Waals surface area contributed by atoms with E-state index in [0.29, 0.717) is 22.6 Å². The van der Waals surface area contributed by atoms with Crippen molar-refractivity contribution in [3.63, 3.8) is 0 Å². The number of benzene rings is 3. The van der Waals surface area contributed by atoms with Gasteiger partial charge in [-0.15, -0.1) is 0 Å². The van der Waals surface area contributed by atoms with Crippen LogP contribution in [0.2, 0.25) is 0 Å². The number of esters is 2. The van der Waals surface area contributed by atoms with Gasteiger partial charge < -0.3 is 14.2 Å². The Labute approximate surface area is 198 Å². The molecule has 0 saturated heterocycles. The number of ether oxygens (including phenoxy) is 3. The Morgan fingerprint density at radius 3 is 2.26 bits per heavy atom. The fourth-order valence-electron chi connectivity index (χ4n) is 3.30. The maximum Gasteiger partial charge on any atom is 0.338 e. The highest BCUT2D eigenvalue weighted by atomic mass is 32.2. The molecule has 0 aliphatic carbocycles. The molecule has 0 radical (unpaired) electrons. The lowest BCUT2D eigenvalue weighted by Gasteiger charge is -2.14. The maximum atomic E-state index is 13.1. The van der Waals surface area contributed by atoms with E-state index < -0.39 is 22.0 Å². The Bertz CT molecular complexity index is 1290. The molecule has 0 heterocycles. The zero-order valence-electron chi connectivity index (χ0n) is 19.0. The summed E-state index contributed by atoms with van der Waals surface area (Å²) in [6, 6.07) is 18.4. The van der Waals surface area contributed by atoms with Crippen LogP contribution >= 0.6 is 0 Å². The van der Waals surface area contributed by atoms with Gasteiger partial charge in [-0.2, -0.15) is 0 Å². The van der Waals surface area contributed by atoms with E-state index in [1.165, 1.54) is 26.4 Å². The highest BCUT2D eigenvalue weighted by Gasteiger charge is 2.22. The molecule has 0 aromatic heterocycles. The first-order valence-electron chi connectivity index (χ1n) is 10.3. The predicted molar refractivity (Wildman–Crippen MR) is 125 cm³/mol. The largest absolute Gasteiger partial charge is 0.469 e. The van der Waals surface area contributed by atoms with E-state index in [1.807, 2.05) is 18.2 Å². The van der Waals surface area contributed by atoms with Crippen molar-refractivity contribution in [2.75, 3.05) is 14.2 Å². The van der Waals surface area contributed by atoms with E-state index in [4.69, 9.17) is 9.47 Å². The molecule has 0 atom stereocenters. The summed E-state index contributed by atoms with van der Waals surface area (Å²) in [4.78, 5) is 24.0. The lowest BCUT2D eigenvalue weighted by atomic mass is 10.1. The molecule has 9 heteroatoms. The smallest absolute Gasteiger partial charge is 0.338 e. The van der Waals surface area contributed by atoms with Crippen LogP contribution in [-0.4, -0.2) is 34.6 Å². The van der Waals surface area contributed by atoms with Crippen molar-refractivity contribution in [1.82, 2.24) is 4.72 Å². The minimum Gasteiger partial charge on any atom is -0.469 e. The van der Waals surface area contributed by atoms with Crippen LogP contribution in [0.1, 0.15) is 27.0 Å². The third kappa shape index (κ3) is 6.21. The van der Waals surface area contributed by atoms with Crippen molar-refractivity contribution in [3.05, 3.63) is 89.0 Å². The fraction of sp³-hybridized carbons (Fsp3) is 0.200. The first kappa shape index (κ1) is 24.9. The molecule has 0 saturated carbocycles. The monoisotopic (exact) mass is 483 g/mol. The Morgan fingerprint density at radius 1 is 0.853 bits per heavy atom. The van der Waals surface area contributed by atoms with Crippen LogP contribution in [0, 0.1) is 6.92 Å². The van der Waals surface area contributed by atoms with Gasteiger partial charge in [0.05, 0.1) is 31.1 Å². The molecule has 8 nitrogen and oxygen atoms in total. The average molecular weight is 484 g/mol. The van der Waals surface area contributed by atoms with E-state index in [1.54, 1.807) is 43.3 Å². The molecule has 0 spiro atoms. The summed E-state index contributed by atoms with van der Waals surface area (Å²) in [6.07, 6.45) is -0.192. The first-order chi connectivity index (χ1) is 16.2. The Hall–Kier alpha value is -3.69. The number of carbonyl (C=O) groups excluding carboxylic acids is 2. The van der Waals surface area contributed by atoms with Gasteiger partial charge >= 0.3 is 11.9 Å². The van der Waals surface area contributed by atoms with Gasteiger partial charge in [0.25, 0.3) is 0 Å². The van der Waals surface area contributed by atoms with Gasteiger partial charge in [0.2, 0.25) is 10.0 Å². The molecule has 1 N–H and O–H groups in total. The first-order valence-corrected chi connectivity index (χ1v) is 11.8. The quantitative estimate of drug-likeness (QED) is 0.462. The highest BCUT2D eigenvalue weighted by Crippen LogP contribution is 2.25. The zero-order valence-corrected chi connectivity index (χ0v) is 19.8. The molecule has 0 aliphatic rings. The summed E-state index contributed by atoms with van der Waals surface area (Å²) in [5, 5.41) is 0. The van der Waals surface area contributed by atoms with Gasteiger partial charge in [0.1, 0.15) is 11.5 Å². The number of para-hydroxylation sites is 1. The maximum absolute atomic E-state index is 13.1. The van der Waals surface area contributed by atoms with E-state index in [-0.39, 0.29) is 23.4 Å². The lowest BCUT2D eigenvalue weighted by Crippen LogP contribution is -2.26. The molecule has 0 unspecified atom stereocenters. The third-order valence-electron chi connectivity index (χ3n) is 4.98. The minimum atomic E-state index is -4.03. The van der Waals surface area contributed by atoms with Crippen molar-refractivity contribution in [1.29, 1.82) is 0 Å². The summed E-state index contributed by atoms with van der Waals surface area (Å²) < 4.78 is 44.1. The molecule has 0 bridgehead atoms. The van der Waals surface area contributed by atoms with E-state index >= 15 is 0 Å². The van der Waals surface area contributed by atoms with Gasteiger partial charge in [0.15, 0.2) is 0 Å². The van der Waals surface area contributed by atoms with Crippen molar-refractivity contribution < 1.29 is 32.2 Å². The van der Waals surface area contributed by atoms with Crippen LogP contribution in [0.15, 0.2) is 71.6 Å². The van der Waals surface area contributed by atoms with E-state index in [9.17, 15) is 18.0 Å². The highest BCUT2D eigenvalue weighted by molar-refractivity contribution is 7.89. The van der Waals surface area contributed by atoms with Crippen molar-refractivity contribution in [3.8, 4) is 11.5 Å². The van der Waals surface area contributed by atoms with Gasteiger partial charge in [0, 0.05) is 6.54 Å². The number of rotatable bonds is 9. The number of methoxy groups -OCH3 is 2. The molecule has 3 rings (SSSR count). The van der Waals surface area contributed by atoms with Crippen molar-refractivity contribution in [2.45, 2.75) is 24.8 Å². The predicted octanol–water partition coefficient (Wildman–Crippen LogP) is 3.77. The molecule has 3 aromatic carbocycles. The molecular weight excluding hydrogens is 458 g/mol. The van der Waals surface area contributed by atoms with Crippen LogP contribution in [0.25, 0.3) is 0 Å². The standard InChI is InChI=1S/C25H25NO7S/c1-17-9-12-23(18(13-17)15-24(27)31-2)34(29,30)26-16-19-14-21(10-11-22(19)25(28)32-3)33-20-7-5-4-6-8-20/h4-14,26H,15-16H2,1-3H3. The molecule has 34 heavy (non-hydrogen) atoms. The second-order valence-corrected chi connectivity index (χ2v) is 9.15. The van der Waals surface area contributed by atoms with Crippen molar-refractivity contribution >= 4 is 22.0 Å². The SMILES string of the molecule is COC(=O)Cc1cc(C)ccc1S(=O)(=O)NCc1cc(Oc2ccccc2)ccc1C(=O)OC. The van der Waals surface area contributed by atoms with Crippen LogP contribution in [0.3, 0.4) is 0 Å². The second-order valence-electron chi connectivity index (χ2n) is 7.41. The summed E-state index contributed by atoms with van der Waals surface area (Å²) in [5.74, 6) is -0.148. The normalized spacial score (nSPS) is 11.0. The number of nitrogens with one attached hydrogen (secondary N) is 1. The Balaban J connectivity index is 1.90. The number of hydrogen-bond acceptors (Lipinski definition) is 7. The number of hydrogen-bond donors (Lipinski definition) is 1. The summed E-state index contributed by atoms with van der Waals surface area (Å²) in [6.45, 7) is 1.59. The van der Waals surface area contributed by atoms with Crippen LogP contribution in [0.5, 0.6) is 11.5 Å². The molecule has 0 amide bonds. The molecule has 178 valence electrons. The van der Waals surface area contributed by atoms with Gasteiger partial charge in [-0.05, 0) is 54.4 Å². The number of aryl methyl sites for hydroxylation is 1. The lowest BCUT2D eigenvalue weighted by molar-refractivity contribution is -0.139. The fourth-order valence-corrected chi connectivity index (χ4v) is 4.52.